The molecule has 0 heterocycles. The Kier molecular flexibility index (Phi) is 6.78. The number of hydrogen-bond donors (Lipinski definition) is 2. The second-order valence-corrected chi connectivity index (χ2v) is 8.84. The van der Waals surface area contributed by atoms with Gasteiger partial charge in [0.15, 0.2) is 5.60 Å². The molecule has 0 saturated carbocycles. The third-order valence-corrected chi connectivity index (χ3v) is 6.30. The normalized spacial score (nSPS) is 18.1. The van der Waals surface area contributed by atoms with Crippen molar-refractivity contribution < 1.29 is 29.3 Å². The molecular weight excluding hydrogens is 480 g/mol. The van der Waals surface area contributed by atoms with Crippen molar-refractivity contribution in [3.05, 3.63) is 150 Å². The standard InChI is InChI=1S/C32H24O6/c33-30(34)23-9-13-27(14-10-23)37-29-8-4-5-25(21-29)22-17-19-32(20-18-22,26-6-2-1-3-7-26)38-28-15-11-24(12-16-28)31(35)36/h1-22H,(H,33,34)(H,35,36). The van der Waals surface area contributed by atoms with Gasteiger partial charge in [-0.3, -0.25) is 0 Å². The van der Waals surface area contributed by atoms with E-state index in [1.807, 2.05) is 66.7 Å². The number of carboxylic acid groups (broad SMARTS) is 2. The molecule has 1 aliphatic rings. The van der Waals surface area contributed by atoms with Crippen LogP contribution in [0.15, 0.2) is 127 Å². The van der Waals surface area contributed by atoms with Gasteiger partial charge in [-0.15, -0.1) is 0 Å². The topological polar surface area (TPSA) is 93.1 Å². The lowest BCUT2D eigenvalue weighted by atomic mass is 9.84. The molecule has 6 heteroatoms. The monoisotopic (exact) mass is 504 g/mol. The minimum atomic E-state index is -0.988. The first-order chi connectivity index (χ1) is 18.4. The minimum absolute atomic E-state index is 0.0252. The quantitative estimate of drug-likeness (QED) is 0.250. The second-order valence-electron chi connectivity index (χ2n) is 8.84. The molecular formula is C32H24O6. The van der Waals surface area contributed by atoms with Crippen molar-refractivity contribution in [2.75, 3.05) is 0 Å². The van der Waals surface area contributed by atoms with Gasteiger partial charge in [-0.1, -0.05) is 54.6 Å². The number of rotatable bonds is 8. The second kappa shape index (κ2) is 10.5. The van der Waals surface area contributed by atoms with Crippen LogP contribution >= 0.6 is 0 Å². The minimum Gasteiger partial charge on any atom is -0.478 e. The van der Waals surface area contributed by atoms with E-state index in [-0.39, 0.29) is 17.0 Å². The summed E-state index contributed by atoms with van der Waals surface area (Å²) in [5.74, 6) is -0.256. The number of carbonyl (C=O) groups is 2. The van der Waals surface area contributed by atoms with Crippen LogP contribution in [0.3, 0.4) is 0 Å². The van der Waals surface area contributed by atoms with Crippen LogP contribution in [0.25, 0.3) is 0 Å². The summed E-state index contributed by atoms with van der Waals surface area (Å²) in [5.41, 5.74) is 1.49. The maximum Gasteiger partial charge on any atom is 0.335 e. The van der Waals surface area contributed by atoms with Crippen molar-refractivity contribution in [1.82, 2.24) is 0 Å². The molecule has 0 unspecified atom stereocenters. The van der Waals surface area contributed by atoms with Crippen molar-refractivity contribution in [2.24, 2.45) is 0 Å². The highest BCUT2D eigenvalue weighted by atomic mass is 16.5. The first kappa shape index (κ1) is 24.6. The first-order valence-corrected chi connectivity index (χ1v) is 12.0. The Morgan fingerprint density at radius 3 is 1.79 bits per heavy atom. The van der Waals surface area contributed by atoms with E-state index in [0.717, 1.165) is 11.1 Å². The molecule has 0 fully saturated rings. The van der Waals surface area contributed by atoms with Gasteiger partial charge >= 0.3 is 11.9 Å². The van der Waals surface area contributed by atoms with Crippen LogP contribution in [0.1, 0.15) is 37.8 Å². The highest BCUT2D eigenvalue weighted by Crippen LogP contribution is 2.38. The molecule has 2 N–H and O–H groups in total. The largest absolute Gasteiger partial charge is 0.478 e. The van der Waals surface area contributed by atoms with Crippen LogP contribution in [0, 0.1) is 0 Å². The average molecular weight is 505 g/mol. The van der Waals surface area contributed by atoms with Crippen LogP contribution in [0.2, 0.25) is 0 Å². The van der Waals surface area contributed by atoms with Gasteiger partial charge in [0.1, 0.15) is 17.2 Å². The summed E-state index contributed by atoms with van der Waals surface area (Å²) in [6.45, 7) is 0. The Bertz CT molecular complexity index is 1490. The van der Waals surface area contributed by atoms with Gasteiger partial charge in [-0.2, -0.15) is 0 Å². The zero-order valence-electron chi connectivity index (χ0n) is 20.2. The zero-order chi connectivity index (χ0) is 26.5. The van der Waals surface area contributed by atoms with Gasteiger partial charge in [-0.05, 0) is 78.4 Å². The number of aromatic carboxylic acids is 2. The lowest BCUT2D eigenvalue weighted by Gasteiger charge is -2.32. The molecule has 0 bridgehead atoms. The summed E-state index contributed by atoms with van der Waals surface area (Å²) in [7, 11) is 0. The van der Waals surface area contributed by atoms with Crippen LogP contribution < -0.4 is 9.47 Å². The predicted molar refractivity (Wildman–Crippen MR) is 143 cm³/mol. The Labute approximate surface area is 219 Å². The number of ether oxygens (including phenoxy) is 2. The molecule has 5 rings (SSSR count). The third kappa shape index (κ3) is 5.34. The summed E-state index contributed by atoms with van der Waals surface area (Å²) in [4.78, 5) is 22.3. The molecule has 0 saturated heterocycles. The summed E-state index contributed by atoms with van der Waals surface area (Å²) in [5, 5.41) is 18.3. The Balaban J connectivity index is 1.38. The molecule has 1 aliphatic carbocycles. The zero-order valence-corrected chi connectivity index (χ0v) is 20.2. The average Bonchev–Trinajstić information content (AvgIpc) is 2.95. The van der Waals surface area contributed by atoms with Crippen LogP contribution in [-0.4, -0.2) is 22.2 Å². The molecule has 0 radical (unpaired) electrons. The van der Waals surface area contributed by atoms with Crippen LogP contribution in [0.4, 0.5) is 0 Å². The van der Waals surface area contributed by atoms with Crippen molar-refractivity contribution in [3.63, 3.8) is 0 Å². The molecule has 6 nitrogen and oxygen atoms in total. The van der Waals surface area contributed by atoms with E-state index in [9.17, 15) is 14.7 Å². The van der Waals surface area contributed by atoms with Gasteiger partial charge in [0, 0.05) is 11.5 Å². The van der Waals surface area contributed by atoms with E-state index in [4.69, 9.17) is 14.6 Å². The maximum atomic E-state index is 11.2. The fourth-order valence-electron chi connectivity index (χ4n) is 4.30. The van der Waals surface area contributed by atoms with E-state index in [0.29, 0.717) is 17.2 Å². The SMILES string of the molecule is O=C(O)c1ccc(Oc2cccc(C3C=CC(Oc4ccc(C(=O)O)cc4)(c4ccccc4)C=C3)c2)cc1. The predicted octanol–water partition coefficient (Wildman–Crippen LogP) is 7.06. The van der Waals surface area contributed by atoms with Crippen LogP contribution in [-0.2, 0) is 5.60 Å². The molecule has 0 aliphatic heterocycles. The smallest absolute Gasteiger partial charge is 0.335 e. The highest BCUT2D eigenvalue weighted by Gasteiger charge is 2.32. The molecule has 4 aromatic carbocycles. The van der Waals surface area contributed by atoms with E-state index in [1.54, 1.807) is 24.3 Å². The third-order valence-electron chi connectivity index (χ3n) is 6.30. The molecule has 0 amide bonds. The van der Waals surface area contributed by atoms with Crippen molar-refractivity contribution in [1.29, 1.82) is 0 Å². The summed E-state index contributed by atoms with van der Waals surface area (Å²) in [6.07, 6.45) is 8.16. The number of carboxylic acids is 2. The van der Waals surface area contributed by atoms with E-state index in [1.165, 1.54) is 24.3 Å². The lowest BCUT2D eigenvalue weighted by molar-refractivity contribution is 0.0686. The number of benzene rings is 4. The highest BCUT2D eigenvalue weighted by molar-refractivity contribution is 5.88. The van der Waals surface area contributed by atoms with Gasteiger partial charge < -0.3 is 19.7 Å². The summed E-state index contributed by atoms with van der Waals surface area (Å²) < 4.78 is 12.4. The van der Waals surface area contributed by atoms with Gasteiger partial charge in [0.2, 0.25) is 0 Å². The molecule has 0 aromatic heterocycles. The Hall–Kier alpha value is -5.10. The van der Waals surface area contributed by atoms with Gasteiger partial charge in [-0.25, -0.2) is 9.59 Å². The maximum absolute atomic E-state index is 11.2. The molecule has 188 valence electrons. The van der Waals surface area contributed by atoms with E-state index < -0.39 is 17.5 Å². The number of hydrogen-bond acceptors (Lipinski definition) is 4. The number of allylic oxidation sites excluding steroid dienone is 2. The van der Waals surface area contributed by atoms with E-state index in [2.05, 4.69) is 12.2 Å². The summed E-state index contributed by atoms with van der Waals surface area (Å²) in [6, 6.07) is 30.2. The molecule has 4 aromatic rings. The van der Waals surface area contributed by atoms with Gasteiger partial charge in [0.25, 0.3) is 0 Å². The fourth-order valence-corrected chi connectivity index (χ4v) is 4.30. The van der Waals surface area contributed by atoms with Crippen molar-refractivity contribution >= 4 is 11.9 Å². The summed E-state index contributed by atoms with van der Waals surface area (Å²) >= 11 is 0. The van der Waals surface area contributed by atoms with Gasteiger partial charge in [0.05, 0.1) is 11.1 Å². The molecule has 38 heavy (non-hydrogen) atoms. The van der Waals surface area contributed by atoms with Crippen molar-refractivity contribution in [2.45, 2.75) is 11.5 Å². The molecule has 0 atom stereocenters. The van der Waals surface area contributed by atoms with Crippen molar-refractivity contribution in [3.8, 4) is 17.2 Å². The Morgan fingerprint density at radius 2 is 1.21 bits per heavy atom. The molecule has 0 spiro atoms. The van der Waals surface area contributed by atoms with Crippen LogP contribution in [0.5, 0.6) is 17.2 Å². The Morgan fingerprint density at radius 1 is 0.632 bits per heavy atom. The fraction of sp³-hybridized carbons (Fsp3) is 0.0625. The van der Waals surface area contributed by atoms with E-state index >= 15 is 0 Å². The first-order valence-electron chi connectivity index (χ1n) is 12.0. The lowest BCUT2D eigenvalue weighted by Crippen LogP contribution is -2.30.